The van der Waals surface area contributed by atoms with Gasteiger partial charge < -0.3 is 29.5 Å². The van der Waals surface area contributed by atoms with E-state index in [4.69, 9.17) is 21.1 Å². The Morgan fingerprint density at radius 3 is 2.40 bits per heavy atom. The third-order valence-corrected chi connectivity index (χ3v) is 8.60. The maximum Gasteiger partial charge on any atom is 0.407 e. The second-order valence-electron chi connectivity index (χ2n) is 12.0. The highest BCUT2D eigenvalue weighted by Gasteiger charge is 2.47. The molecule has 1 aliphatic carbocycles. The van der Waals surface area contributed by atoms with Gasteiger partial charge in [-0.15, -0.1) is 0 Å². The average Bonchev–Trinajstić information content (AvgIpc) is 2.92. The number of benzene rings is 2. The van der Waals surface area contributed by atoms with Gasteiger partial charge in [0.05, 0.1) is 29.7 Å². The number of amides is 2. The van der Waals surface area contributed by atoms with Crippen LogP contribution in [0.2, 0.25) is 5.02 Å². The van der Waals surface area contributed by atoms with Crippen molar-refractivity contribution in [2.24, 2.45) is 5.41 Å². The lowest BCUT2D eigenvalue weighted by Crippen LogP contribution is -2.62. The predicted octanol–water partition coefficient (Wildman–Crippen LogP) is 5.94. The summed E-state index contributed by atoms with van der Waals surface area (Å²) in [4.78, 5) is 29.3. The molecular formula is C31H41ClN2O6. The van der Waals surface area contributed by atoms with E-state index in [-0.39, 0.29) is 43.6 Å². The van der Waals surface area contributed by atoms with E-state index in [0.717, 1.165) is 30.6 Å². The fourth-order valence-electron chi connectivity index (χ4n) is 6.06. The highest BCUT2D eigenvalue weighted by Crippen LogP contribution is 2.43. The monoisotopic (exact) mass is 572 g/mol. The third kappa shape index (κ3) is 6.50. The fourth-order valence-corrected chi connectivity index (χ4v) is 6.31. The molecule has 2 aromatic rings. The Morgan fingerprint density at radius 2 is 1.77 bits per heavy atom. The van der Waals surface area contributed by atoms with Gasteiger partial charge in [-0.2, -0.15) is 0 Å². The van der Waals surface area contributed by atoms with Crippen molar-refractivity contribution >= 4 is 23.6 Å². The van der Waals surface area contributed by atoms with Gasteiger partial charge in [-0.3, -0.25) is 4.79 Å². The topological polar surface area (TPSA) is 99.5 Å². The van der Waals surface area contributed by atoms with E-state index in [1.54, 1.807) is 24.1 Å². The number of hydrogen-bond donors (Lipinski definition) is 2. The minimum absolute atomic E-state index is 0.192. The summed E-state index contributed by atoms with van der Waals surface area (Å²) in [7, 11) is 1.61. The van der Waals surface area contributed by atoms with Crippen LogP contribution in [-0.2, 0) is 11.4 Å². The second kappa shape index (κ2) is 12.3. The van der Waals surface area contributed by atoms with E-state index < -0.39 is 17.6 Å². The van der Waals surface area contributed by atoms with Crippen LogP contribution in [0.1, 0.15) is 69.9 Å². The quantitative estimate of drug-likeness (QED) is 0.426. The van der Waals surface area contributed by atoms with E-state index >= 15 is 0 Å². The molecule has 1 aliphatic heterocycles. The van der Waals surface area contributed by atoms with E-state index in [0.29, 0.717) is 29.2 Å². The molecule has 2 amide bonds. The largest absolute Gasteiger partial charge is 0.496 e. The van der Waals surface area contributed by atoms with E-state index in [1.165, 1.54) is 4.90 Å². The number of aliphatic hydroxyl groups is 1. The maximum atomic E-state index is 14.2. The number of halogens is 1. The number of carbonyl (C=O) groups is 2. The van der Waals surface area contributed by atoms with Crippen LogP contribution in [0.15, 0.2) is 42.5 Å². The summed E-state index contributed by atoms with van der Waals surface area (Å²) < 4.78 is 11.4. The van der Waals surface area contributed by atoms with Crippen LogP contribution in [0.25, 0.3) is 0 Å². The number of methoxy groups -OCH3 is 1. The molecule has 2 unspecified atom stereocenters. The number of rotatable bonds is 7. The first kappa shape index (κ1) is 30.0. The van der Waals surface area contributed by atoms with Gasteiger partial charge in [0.2, 0.25) is 5.91 Å². The molecule has 0 bridgehead atoms. The van der Waals surface area contributed by atoms with Crippen molar-refractivity contribution in [1.82, 2.24) is 9.80 Å². The molecule has 1 heterocycles. The number of carboxylic acid groups (broad SMARTS) is 1. The highest BCUT2D eigenvalue weighted by molar-refractivity contribution is 6.32. The van der Waals surface area contributed by atoms with Gasteiger partial charge in [-0.25, -0.2) is 4.79 Å². The predicted molar refractivity (Wildman–Crippen MR) is 154 cm³/mol. The lowest BCUT2D eigenvalue weighted by Gasteiger charge is -2.48. The first-order chi connectivity index (χ1) is 18.9. The highest BCUT2D eigenvalue weighted by atomic mass is 35.5. The molecule has 1 saturated carbocycles. The van der Waals surface area contributed by atoms with Gasteiger partial charge in [-0.05, 0) is 42.0 Å². The SMILES string of the molecule is COc1ccccc1COc1ccc(C(C(=O)N2CCN(C(=O)O)C(C(C)(C)C)C2)C2(O)CCCCC2)cc1Cl. The van der Waals surface area contributed by atoms with Gasteiger partial charge in [0.15, 0.2) is 0 Å². The first-order valence-electron chi connectivity index (χ1n) is 14.0. The molecule has 1 saturated heterocycles. The summed E-state index contributed by atoms with van der Waals surface area (Å²) in [6.45, 7) is 6.99. The van der Waals surface area contributed by atoms with Crippen LogP contribution in [0.3, 0.4) is 0 Å². The van der Waals surface area contributed by atoms with Crippen molar-refractivity contribution in [3.8, 4) is 11.5 Å². The number of ether oxygens (including phenoxy) is 2. The van der Waals surface area contributed by atoms with Gasteiger partial charge in [0.25, 0.3) is 0 Å². The number of hydrogen-bond acceptors (Lipinski definition) is 5. The van der Waals surface area contributed by atoms with Crippen molar-refractivity contribution in [1.29, 1.82) is 0 Å². The summed E-state index contributed by atoms with van der Waals surface area (Å²) in [5.74, 6) is 0.186. The number of nitrogens with zero attached hydrogens (tertiary/aromatic N) is 2. The van der Waals surface area contributed by atoms with E-state index in [2.05, 4.69) is 0 Å². The Labute approximate surface area is 241 Å². The zero-order valence-corrected chi connectivity index (χ0v) is 24.6. The van der Waals surface area contributed by atoms with E-state index in [9.17, 15) is 19.8 Å². The van der Waals surface area contributed by atoms with Crippen molar-refractivity contribution in [3.05, 3.63) is 58.6 Å². The smallest absolute Gasteiger partial charge is 0.407 e. The van der Waals surface area contributed by atoms with Crippen LogP contribution in [0.5, 0.6) is 11.5 Å². The summed E-state index contributed by atoms with van der Waals surface area (Å²) >= 11 is 6.69. The van der Waals surface area contributed by atoms with Crippen LogP contribution in [0, 0.1) is 5.41 Å². The van der Waals surface area contributed by atoms with Crippen LogP contribution >= 0.6 is 11.6 Å². The van der Waals surface area contributed by atoms with Crippen LogP contribution < -0.4 is 9.47 Å². The fraction of sp³-hybridized carbons (Fsp3) is 0.548. The molecule has 8 nitrogen and oxygen atoms in total. The molecule has 218 valence electrons. The molecular weight excluding hydrogens is 532 g/mol. The molecule has 2 atom stereocenters. The number of para-hydroxylation sites is 1. The van der Waals surface area contributed by atoms with Crippen molar-refractivity contribution in [3.63, 3.8) is 0 Å². The number of carbonyl (C=O) groups excluding carboxylic acids is 1. The Kier molecular flexibility index (Phi) is 9.20. The third-order valence-electron chi connectivity index (χ3n) is 8.31. The molecule has 2 N–H and O–H groups in total. The molecule has 40 heavy (non-hydrogen) atoms. The van der Waals surface area contributed by atoms with Crippen molar-refractivity contribution in [2.75, 3.05) is 26.7 Å². The molecule has 0 aromatic heterocycles. The zero-order chi connectivity index (χ0) is 29.1. The number of piperazine rings is 1. The minimum atomic E-state index is -1.21. The standard InChI is InChI=1S/C31H41ClN2O6/c1-30(2,3)26-19-33(16-17-34(26)29(36)37)28(35)27(31(38)14-8-5-9-15-31)21-12-13-25(23(32)18-21)40-20-22-10-6-7-11-24(22)39-4/h6-7,10-13,18,26-27,38H,5,8-9,14-17,19-20H2,1-4H3,(H,36,37). The van der Waals surface area contributed by atoms with Gasteiger partial charge in [-0.1, -0.05) is 75.9 Å². The molecule has 4 rings (SSSR count). The Hall–Kier alpha value is -2.97. The molecule has 0 radical (unpaired) electrons. The van der Waals surface area contributed by atoms with Crippen molar-refractivity contribution in [2.45, 2.75) is 77.0 Å². The van der Waals surface area contributed by atoms with Crippen molar-refractivity contribution < 1.29 is 29.3 Å². The molecule has 0 spiro atoms. The lowest BCUT2D eigenvalue weighted by molar-refractivity contribution is -0.145. The second-order valence-corrected chi connectivity index (χ2v) is 12.4. The normalized spacial score (nSPS) is 20.1. The molecule has 2 aromatic carbocycles. The molecule has 2 fully saturated rings. The Morgan fingerprint density at radius 1 is 1.07 bits per heavy atom. The molecule has 9 heteroatoms. The summed E-state index contributed by atoms with van der Waals surface area (Å²) in [5, 5.41) is 22.0. The zero-order valence-electron chi connectivity index (χ0n) is 23.9. The maximum absolute atomic E-state index is 14.2. The molecule has 2 aliphatic rings. The van der Waals surface area contributed by atoms with Crippen LogP contribution in [0.4, 0.5) is 4.79 Å². The summed E-state index contributed by atoms with van der Waals surface area (Å²) in [6.07, 6.45) is 2.75. The lowest BCUT2D eigenvalue weighted by atomic mass is 9.72. The summed E-state index contributed by atoms with van der Waals surface area (Å²) in [6, 6.07) is 12.5. The van der Waals surface area contributed by atoms with Gasteiger partial charge in [0, 0.05) is 25.2 Å². The van der Waals surface area contributed by atoms with Crippen LogP contribution in [-0.4, -0.2) is 70.4 Å². The van der Waals surface area contributed by atoms with Gasteiger partial charge >= 0.3 is 6.09 Å². The first-order valence-corrected chi connectivity index (χ1v) is 14.4. The summed E-state index contributed by atoms with van der Waals surface area (Å²) in [5.41, 5.74) is -0.0570. The van der Waals surface area contributed by atoms with Gasteiger partial charge in [0.1, 0.15) is 18.1 Å². The minimum Gasteiger partial charge on any atom is -0.496 e. The Balaban J connectivity index is 1.61. The van der Waals surface area contributed by atoms with E-state index in [1.807, 2.05) is 51.1 Å². The Bertz CT molecular complexity index is 1210. The average molecular weight is 573 g/mol.